The number of allylic oxidation sites excluding steroid dienone is 2. The molecule has 3 aliphatic rings. The Balaban J connectivity index is 1.73. The van der Waals surface area contributed by atoms with Gasteiger partial charge in [-0.05, 0) is 72.8 Å². The van der Waals surface area contributed by atoms with Gasteiger partial charge < -0.3 is 10.2 Å². The largest absolute Gasteiger partial charge is 0.508 e. The Bertz CT molecular complexity index is 838. The predicted molar refractivity (Wildman–Crippen MR) is 109 cm³/mol. The van der Waals surface area contributed by atoms with Gasteiger partial charge in [-0.15, -0.1) is 5.54 Å². The molecule has 0 bridgehead atoms. The lowest BCUT2D eigenvalue weighted by Gasteiger charge is -2.48. The van der Waals surface area contributed by atoms with Gasteiger partial charge in [-0.25, -0.2) is 0 Å². The van der Waals surface area contributed by atoms with Crippen molar-refractivity contribution in [3.63, 3.8) is 0 Å². The number of phenols is 1. The van der Waals surface area contributed by atoms with E-state index in [1.165, 1.54) is 16.7 Å². The SMILES string of the molecule is C[C@@]12CC=C3c4ccc(O)cc4CC[C@H]3[C@@H]1CC[C@]2(O)C#C[Si](C)(C)C. The molecule has 0 spiro atoms. The first-order valence-electron chi connectivity index (χ1n) is 9.92. The van der Waals surface area contributed by atoms with Crippen LogP contribution < -0.4 is 0 Å². The van der Waals surface area contributed by atoms with E-state index in [4.69, 9.17) is 0 Å². The molecule has 0 heterocycles. The van der Waals surface area contributed by atoms with E-state index in [1.807, 2.05) is 6.07 Å². The van der Waals surface area contributed by atoms with Crippen molar-refractivity contribution in [2.45, 2.75) is 64.3 Å². The Kier molecular flexibility index (Phi) is 3.95. The van der Waals surface area contributed by atoms with Gasteiger partial charge in [0, 0.05) is 5.41 Å². The summed E-state index contributed by atoms with van der Waals surface area (Å²) in [5.41, 5.74) is 6.46. The number of benzene rings is 1. The molecule has 4 atom stereocenters. The van der Waals surface area contributed by atoms with Gasteiger partial charge in [0.15, 0.2) is 0 Å². The zero-order chi connectivity index (χ0) is 18.7. The first-order chi connectivity index (χ1) is 12.1. The smallest absolute Gasteiger partial charge is 0.130 e. The van der Waals surface area contributed by atoms with Crippen molar-refractivity contribution >= 4 is 13.6 Å². The van der Waals surface area contributed by atoms with Gasteiger partial charge in [-0.3, -0.25) is 0 Å². The number of aliphatic hydroxyl groups is 1. The third kappa shape index (κ3) is 2.66. The Labute approximate surface area is 158 Å². The minimum atomic E-state index is -1.51. The molecule has 0 unspecified atom stereocenters. The van der Waals surface area contributed by atoms with E-state index >= 15 is 0 Å². The van der Waals surface area contributed by atoms with Crippen LogP contribution >= 0.6 is 0 Å². The van der Waals surface area contributed by atoms with E-state index in [0.717, 1.165) is 32.1 Å². The van der Waals surface area contributed by atoms with Crippen molar-refractivity contribution in [2.75, 3.05) is 0 Å². The molecule has 1 aromatic carbocycles. The minimum Gasteiger partial charge on any atom is -0.508 e. The van der Waals surface area contributed by atoms with Crippen LogP contribution in [0.25, 0.3) is 5.57 Å². The molecule has 0 amide bonds. The number of hydrogen-bond acceptors (Lipinski definition) is 2. The van der Waals surface area contributed by atoms with Crippen molar-refractivity contribution in [3.05, 3.63) is 35.4 Å². The second-order valence-corrected chi connectivity index (χ2v) is 14.5. The zero-order valence-corrected chi connectivity index (χ0v) is 17.4. The van der Waals surface area contributed by atoms with Gasteiger partial charge >= 0.3 is 0 Å². The Morgan fingerprint density at radius 3 is 2.69 bits per heavy atom. The number of phenolic OH excluding ortho intramolecular Hbond substituents is 1. The quantitative estimate of drug-likeness (QED) is 0.513. The van der Waals surface area contributed by atoms with Crippen molar-refractivity contribution in [3.8, 4) is 17.2 Å². The molecule has 2 nitrogen and oxygen atoms in total. The van der Waals surface area contributed by atoms with E-state index in [9.17, 15) is 10.2 Å². The highest BCUT2D eigenvalue weighted by Gasteiger charge is 2.59. The van der Waals surface area contributed by atoms with Crippen molar-refractivity contribution in [1.29, 1.82) is 0 Å². The van der Waals surface area contributed by atoms with Crippen molar-refractivity contribution in [2.24, 2.45) is 17.3 Å². The average Bonchev–Trinajstić information content (AvgIpc) is 2.84. The molecule has 1 fully saturated rings. The standard InChI is InChI=1S/C23H30O2Si/c1-22-11-9-19-18-8-6-17(24)15-16(18)5-7-20(19)21(22)10-12-23(22,25)13-14-26(2,3)4/h6,8-9,15,20-21,24-25H,5,7,10-12H2,1-4H3/t20-,21+,22-,23+/m1/s1. The first-order valence-corrected chi connectivity index (χ1v) is 13.4. The van der Waals surface area contributed by atoms with E-state index in [1.54, 1.807) is 6.07 Å². The van der Waals surface area contributed by atoms with Gasteiger partial charge in [0.25, 0.3) is 0 Å². The maximum Gasteiger partial charge on any atom is 0.130 e. The number of hydrogen-bond donors (Lipinski definition) is 2. The van der Waals surface area contributed by atoms with E-state index in [2.05, 4.69) is 50.2 Å². The summed E-state index contributed by atoms with van der Waals surface area (Å²) in [6.07, 6.45) is 7.23. The summed E-state index contributed by atoms with van der Waals surface area (Å²) < 4.78 is 0. The monoisotopic (exact) mass is 366 g/mol. The van der Waals surface area contributed by atoms with Gasteiger partial charge in [0.2, 0.25) is 0 Å². The molecule has 3 heteroatoms. The van der Waals surface area contributed by atoms with Crippen LogP contribution in [0.1, 0.15) is 43.7 Å². The summed E-state index contributed by atoms with van der Waals surface area (Å²) in [5.74, 6) is 4.73. The van der Waals surface area contributed by atoms with Crippen LogP contribution in [0.4, 0.5) is 0 Å². The van der Waals surface area contributed by atoms with Gasteiger partial charge in [-0.2, -0.15) is 0 Å². The summed E-state index contributed by atoms with van der Waals surface area (Å²) in [6.45, 7) is 8.99. The fraction of sp³-hybridized carbons (Fsp3) is 0.565. The van der Waals surface area contributed by atoms with Crippen molar-refractivity contribution in [1.82, 2.24) is 0 Å². The second-order valence-electron chi connectivity index (χ2n) is 9.77. The molecule has 26 heavy (non-hydrogen) atoms. The molecule has 0 aliphatic heterocycles. The van der Waals surface area contributed by atoms with Crippen LogP contribution in [0, 0.1) is 28.7 Å². The predicted octanol–water partition coefficient (Wildman–Crippen LogP) is 4.77. The van der Waals surface area contributed by atoms with E-state index in [-0.39, 0.29) is 5.41 Å². The first kappa shape index (κ1) is 17.9. The maximum atomic E-state index is 11.5. The maximum absolute atomic E-state index is 11.5. The highest BCUT2D eigenvalue weighted by Crippen LogP contribution is 2.62. The number of aromatic hydroxyl groups is 1. The molecule has 1 aromatic rings. The van der Waals surface area contributed by atoms with Crippen LogP contribution in [0.2, 0.25) is 19.6 Å². The van der Waals surface area contributed by atoms with Gasteiger partial charge in [0.1, 0.15) is 19.4 Å². The molecule has 2 N–H and O–H groups in total. The Morgan fingerprint density at radius 1 is 1.19 bits per heavy atom. The van der Waals surface area contributed by atoms with Gasteiger partial charge in [0.05, 0.1) is 0 Å². The zero-order valence-electron chi connectivity index (χ0n) is 16.4. The van der Waals surface area contributed by atoms with Crippen LogP contribution in [-0.2, 0) is 6.42 Å². The van der Waals surface area contributed by atoms with Crippen molar-refractivity contribution < 1.29 is 10.2 Å². The van der Waals surface area contributed by atoms with Crippen LogP contribution in [-0.4, -0.2) is 23.9 Å². The number of aryl methyl sites for hydroxylation is 1. The minimum absolute atomic E-state index is 0.151. The fourth-order valence-corrected chi connectivity index (χ4v) is 6.05. The normalized spacial score (nSPS) is 35.5. The lowest BCUT2D eigenvalue weighted by atomic mass is 9.57. The Morgan fingerprint density at radius 2 is 1.96 bits per heavy atom. The second kappa shape index (κ2) is 5.75. The number of rotatable bonds is 0. The van der Waals surface area contributed by atoms with Crippen LogP contribution in [0.3, 0.4) is 0 Å². The summed E-state index contributed by atoms with van der Waals surface area (Å²) in [5, 5.41) is 21.3. The highest BCUT2D eigenvalue weighted by atomic mass is 28.3. The summed E-state index contributed by atoms with van der Waals surface area (Å²) >= 11 is 0. The molecular weight excluding hydrogens is 336 g/mol. The summed E-state index contributed by atoms with van der Waals surface area (Å²) in [7, 11) is -1.51. The average molecular weight is 367 g/mol. The molecule has 0 aromatic heterocycles. The third-order valence-corrected chi connectivity index (χ3v) is 7.86. The molecule has 0 radical (unpaired) electrons. The van der Waals surface area contributed by atoms with Gasteiger partial charge in [-0.1, -0.05) is 44.6 Å². The highest BCUT2D eigenvalue weighted by molar-refractivity contribution is 6.83. The Hall–Kier alpha value is -1.50. The molecule has 3 aliphatic carbocycles. The number of fused-ring (bicyclic) bond motifs is 5. The topological polar surface area (TPSA) is 40.5 Å². The summed E-state index contributed by atoms with van der Waals surface area (Å²) in [4.78, 5) is 0. The lowest BCUT2D eigenvalue weighted by molar-refractivity contribution is -0.0300. The lowest BCUT2D eigenvalue weighted by Crippen LogP contribution is -2.48. The van der Waals surface area contributed by atoms with E-state index < -0.39 is 13.7 Å². The molecule has 4 rings (SSSR count). The molecule has 138 valence electrons. The molecule has 1 saturated carbocycles. The van der Waals surface area contributed by atoms with E-state index in [0.29, 0.717) is 17.6 Å². The van der Waals surface area contributed by atoms with Crippen LogP contribution in [0.5, 0.6) is 5.75 Å². The summed E-state index contributed by atoms with van der Waals surface area (Å²) in [6, 6.07) is 5.81. The van der Waals surface area contributed by atoms with Crippen LogP contribution in [0.15, 0.2) is 24.3 Å². The third-order valence-electron chi connectivity index (χ3n) is 6.98. The fourth-order valence-electron chi connectivity index (χ4n) is 5.47. The molecule has 0 saturated heterocycles. The molecular formula is C23H30O2Si.